The van der Waals surface area contributed by atoms with Gasteiger partial charge < -0.3 is 64.4 Å². The van der Waals surface area contributed by atoms with Crippen molar-refractivity contribution in [2.45, 2.75) is 132 Å². The fraction of sp³-hybridized carbons (Fsp3) is 0.494. The van der Waals surface area contributed by atoms with Crippen molar-refractivity contribution in [1.29, 1.82) is 0 Å². The molecule has 0 radical (unpaired) electrons. The molecule has 0 saturated carbocycles. The predicted molar refractivity (Wildman–Crippen MR) is 427 cm³/mol. The number of hydrogen-bond acceptors (Lipinski definition) is 23. The van der Waals surface area contributed by atoms with E-state index in [2.05, 4.69) is 74.3 Å². The molecule has 2 unspecified atom stereocenters. The predicted octanol–water partition coefficient (Wildman–Crippen LogP) is 9.99. The summed E-state index contributed by atoms with van der Waals surface area (Å²) in [6.45, 7) is 24.4. The van der Waals surface area contributed by atoms with Crippen LogP contribution in [0.4, 0.5) is 0 Å². The Kier molecular flexibility index (Phi) is 29.2. The Morgan fingerprint density at radius 2 is 1.02 bits per heavy atom. The third kappa shape index (κ3) is 21.4. The summed E-state index contributed by atoms with van der Waals surface area (Å²) in [6, 6.07) is 19.6. The number of halogens is 2. The van der Waals surface area contributed by atoms with Gasteiger partial charge in [0.05, 0.1) is 132 Å². The number of benzene rings is 3. The van der Waals surface area contributed by atoms with Crippen LogP contribution in [0, 0.1) is 59.3 Å². The van der Waals surface area contributed by atoms with Gasteiger partial charge in [0.2, 0.25) is 29.5 Å². The van der Waals surface area contributed by atoms with Crippen molar-refractivity contribution in [3.8, 4) is 20.4 Å². The smallest absolute Gasteiger partial charge is 0.246 e. The highest BCUT2D eigenvalue weighted by Gasteiger charge is 2.45. The molecule has 5 aromatic heterocycles. The molecule has 3 aliphatic rings. The zero-order valence-corrected chi connectivity index (χ0v) is 68.5. The van der Waals surface area contributed by atoms with E-state index in [-0.39, 0.29) is 143 Å². The highest BCUT2D eigenvalue weighted by molar-refractivity contribution is 7.15. The second-order valence-electron chi connectivity index (χ2n) is 29.2. The van der Waals surface area contributed by atoms with Crippen molar-refractivity contribution in [2.24, 2.45) is 20.8 Å². The fourth-order valence-electron chi connectivity index (χ4n) is 13.3. The number of aliphatic hydroxyl groups excluding tert-OH is 1. The van der Waals surface area contributed by atoms with Gasteiger partial charge in [-0.1, -0.05) is 99.4 Å². The van der Waals surface area contributed by atoms with Crippen LogP contribution in [0.3, 0.4) is 0 Å². The van der Waals surface area contributed by atoms with Crippen molar-refractivity contribution in [2.75, 3.05) is 112 Å². The average Bonchev–Trinajstić information content (AvgIpc) is 1.60. The number of aliphatic imine (C=N–C) groups is 2. The number of aliphatic hydroxyl groups is 1. The number of carbonyl (C=O) groups excluding carboxylic acids is 5. The second kappa shape index (κ2) is 38.6. The van der Waals surface area contributed by atoms with Crippen LogP contribution < -0.4 is 21.3 Å². The lowest BCUT2D eigenvalue weighted by molar-refractivity contribution is -0.145. The van der Waals surface area contributed by atoms with Gasteiger partial charge in [0.15, 0.2) is 11.6 Å². The first kappa shape index (κ1) is 83.8. The van der Waals surface area contributed by atoms with Crippen LogP contribution in [0.5, 0.6) is 0 Å². The standard InChI is InChI=1S/C79H98Cl2N14O13S3/c1-46-49(4)110-76-66(46)68(54-16-20-57(80)21-17-54)86-60(72-91-89-51(6)94(72)76)37-63(97)82-24-26-102-28-30-104-32-34-106-42-79(11,44-108-41-65(99)88-71(78(8,9)10)75(101)93-40-59(96)36-62(93)74(100)84-39-53-12-14-56(15-13-53)70-48(3)85-45-109-70)43-107-35-33-105-31-29-103-27-25-83-64(98)38-61-73-92-90-52(7)95(73)77-67(47(2)50(5)111-77)69(87-61)55-18-22-58(81)23-19-55/h12-23,45,59-62,71,96H,24-44H2,1-11H3,(H,82,97)(H,83,98)(H,84,100)(H,88,99)/t59-,60+,61?,62+,71-,79?/m1/s1. The maximum Gasteiger partial charge on any atom is 0.246 e. The molecule has 8 heterocycles. The van der Waals surface area contributed by atoms with Gasteiger partial charge in [-0.3, -0.25) is 43.1 Å². The lowest BCUT2D eigenvalue weighted by Crippen LogP contribution is -2.58. The number of fused-ring (bicyclic) bond motifs is 6. The summed E-state index contributed by atoms with van der Waals surface area (Å²) < 4.78 is 45.8. The Labute approximate surface area is 668 Å². The number of likely N-dealkylation sites (tertiary alicyclic amines) is 1. The zero-order chi connectivity index (χ0) is 79.1. The Bertz CT molecular complexity index is 4410. The summed E-state index contributed by atoms with van der Waals surface area (Å²) in [5.74, 6) is 0.678. The summed E-state index contributed by atoms with van der Waals surface area (Å²) in [7, 11) is 0. The summed E-state index contributed by atoms with van der Waals surface area (Å²) >= 11 is 17.4. The maximum atomic E-state index is 14.5. The number of β-amino-alcohol motifs (C(OH)–C–C–N with tert-alkyl or cyclic N) is 1. The molecule has 3 aliphatic heterocycles. The van der Waals surface area contributed by atoms with Crippen LogP contribution in [-0.4, -0.2) is 216 Å². The lowest BCUT2D eigenvalue weighted by Gasteiger charge is -2.35. The summed E-state index contributed by atoms with van der Waals surface area (Å²) in [5, 5.41) is 43.6. The molecular weight excluding hydrogens is 1520 g/mol. The Morgan fingerprint density at radius 3 is 1.48 bits per heavy atom. The van der Waals surface area contributed by atoms with Crippen molar-refractivity contribution in [1.82, 2.24) is 60.7 Å². The largest absolute Gasteiger partial charge is 0.391 e. The first-order valence-electron chi connectivity index (χ1n) is 37.1. The van der Waals surface area contributed by atoms with Gasteiger partial charge in [0.25, 0.3) is 0 Å². The molecule has 1 saturated heterocycles. The normalized spacial score (nSPS) is 16.8. The molecule has 0 spiro atoms. The number of aryl methyl sites for hydroxylation is 5. The third-order valence-corrected chi connectivity index (χ3v) is 23.3. The number of hydrogen-bond donors (Lipinski definition) is 5. The monoisotopic (exact) mass is 1620 g/mol. The van der Waals surface area contributed by atoms with Gasteiger partial charge in [0.1, 0.15) is 52.4 Å². The molecule has 5 amide bonds. The second-order valence-corrected chi connectivity index (χ2v) is 33.4. The number of aromatic nitrogens is 7. The Balaban J connectivity index is 0.622. The van der Waals surface area contributed by atoms with Gasteiger partial charge >= 0.3 is 0 Å². The molecule has 3 aromatic carbocycles. The molecule has 6 atom stereocenters. The molecule has 0 aliphatic carbocycles. The minimum absolute atomic E-state index is 0.0167. The van der Waals surface area contributed by atoms with Gasteiger partial charge in [-0.15, -0.1) is 54.4 Å². The maximum absolute atomic E-state index is 14.5. The number of amides is 5. The molecule has 11 rings (SSSR count). The molecule has 32 heteroatoms. The number of nitrogens with one attached hydrogen (secondary N) is 4. The molecular formula is C79H98Cl2N14O13S3. The van der Waals surface area contributed by atoms with Gasteiger partial charge in [-0.05, 0) is 100 Å². The van der Waals surface area contributed by atoms with Crippen LogP contribution >= 0.6 is 57.2 Å². The first-order valence-corrected chi connectivity index (χ1v) is 40.4. The third-order valence-electron chi connectivity index (χ3n) is 19.4. The van der Waals surface area contributed by atoms with Crippen molar-refractivity contribution in [3.05, 3.63) is 166 Å². The quantitative estimate of drug-likeness (QED) is 0.0225. The van der Waals surface area contributed by atoms with Crippen molar-refractivity contribution < 1.29 is 62.2 Å². The highest BCUT2D eigenvalue weighted by atomic mass is 35.5. The minimum Gasteiger partial charge on any atom is -0.391 e. The molecule has 5 N–H and O–H groups in total. The summed E-state index contributed by atoms with van der Waals surface area (Å²) in [5.41, 5.74) is 10.5. The van der Waals surface area contributed by atoms with Crippen molar-refractivity contribution in [3.63, 3.8) is 0 Å². The molecule has 27 nitrogen and oxygen atoms in total. The van der Waals surface area contributed by atoms with Gasteiger partial charge in [0, 0.05) is 80.1 Å². The Morgan fingerprint density at radius 1 is 0.568 bits per heavy atom. The first-order chi connectivity index (χ1) is 53.2. The number of nitrogens with zero attached hydrogens (tertiary/aromatic N) is 10. The van der Waals surface area contributed by atoms with Crippen molar-refractivity contribution >= 4 is 98.2 Å². The van der Waals surface area contributed by atoms with E-state index in [1.165, 1.54) is 4.90 Å². The molecule has 594 valence electrons. The van der Waals surface area contributed by atoms with E-state index in [0.717, 1.165) is 86.3 Å². The fourth-order valence-corrected chi connectivity index (χ4v) is 16.8. The number of rotatable bonds is 38. The summed E-state index contributed by atoms with van der Waals surface area (Å²) in [6.07, 6.45) is -0.822. The highest BCUT2D eigenvalue weighted by Crippen LogP contribution is 2.42. The van der Waals surface area contributed by atoms with E-state index in [1.54, 1.807) is 39.5 Å². The van der Waals surface area contributed by atoms with Gasteiger partial charge in [-0.25, -0.2) is 4.98 Å². The van der Waals surface area contributed by atoms with Gasteiger partial charge in [-0.2, -0.15) is 0 Å². The van der Waals surface area contributed by atoms with E-state index in [0.29, 0.717) is 33.3 Å². The van der Waals surface area contributed by atoms with Crippen LogP contribution in [0.15, 0.2) is 88.3 Å². The molecule has 1 fully saturated rings. The number of carbonyl (C=O) groups is 5. The number of thiazole rings is 1. The van der Waals surface area contributed by atoms with E-state index in [1.807, 2.05) is 130 Å². The summed E-state index contributed by atoms with van der Waals surface area (Å²) in [4.78, 5) is 88.7. The number of ether oxygens (including phenoxy) is 7. The van der Waals surface area contributed by atoms with Crippen LogP contribution in [0.1, 0.15) is 137 Å². The lowest BCUT2D eigenvalue weighted by atomic mass is 9.85. The van der Waals surface area contributed by atoms with E-state index < -0.39 is 65.4 Å². The zero-order valence-electron chi connectivity index (χ0n) is 64.5. The Hall–Kier alpha value is -8.08. The number of thiophene rings is 2. The van der Waals surface area contributed by atoms with Crippen LogP contribution in [0.2, 0.25) is 10.0 Å². The minimum atomic E-state index is -1.08. The van der Waals surface area contributed by atoms with Crippen LogP contribution in [-0.2, 0) is 63.7 Å². The molecule has 111 heavy (non-hydrogen) atoms. The van der Waals surface area contributed by atoms with E-state index >= 15 is 0 Å². The van der Waals surface area contributed by atoms with Crippen LogP contribution in [0.25, 0.3) is 20.4 Å². The SMILES string of the molecule is Cc1ncsc1-c1ccc(CNC(=O)[C@@H]2C[C@@H](O)CN2C(=O)[C@@H](NC(=O)COCC(C)(COCCOCCOCCNC(=O)CC2N=C(c3ccc(Cl)cc3)c3c(sc(C)c3C)-n3c(C)nnc32)COCCOCCOCCNC(=O)C[C@@H]2N=C(c3ccc(Cl)cc3)c3c(sc(C)c3C)-n3c(C)nnc32)C(C)(C)C)cc1. The van der Waals surface area contributed by atoms with E-state index in [4.69, 9.17) is 66.3 Å². The average molecular weight is 1620 g/mol. The topological polar surface area (TPSA) is 321 Å². The van der Waals surface area contributed by atoms with E-state index in [9.17, 15) is 29.1 Å². The molecule has 8 aromatic rings. The molecule has 0 bridgehead atoms.